The van der Waals surface area contributed by atoms with Gasteiger partial charge in [-0.3, -0.25) is 4.79 Å². The summed E-state index contributed by atoms with van der Waals surface area (Å²) in [5, 5.41) is 0. The van der Waals surface area contributed by atoms with Gasteiger partial charge in [-0.05, 0) is 36.5 Å². The van der Waals surface area contributed by atoms with Gasteiger partial charge in [0, 0.05) is 0 Å². The van der Waals surface area contributed by atoms with Crippen molar-refractivity contribution in [2.24, 2.45) is 0 Å². The van der Waals surface area contributed by atoms with Crippen LogP contribution in [0.4, 0.5) is 0 Å². The zero-order chi connectivity index (χ0) is 14.6. The number of rotatable bonds is 4. The van der Waals surface area contributed by atoms with Crippen molar-refractivity contribution in [3.05, 3.63) is 29.3 Å². The van der Waals surface area contributed by atoms with Gasteiger partial charge < -0.3 is 9.47 Å². The molecule has 0 aliphatic carbocycles. The van der Waals surface area contributed by atoms with E-state index >= 15 is 0 Å². The Balaban J connectivity index is 3.12. The molecule has 0 saturated carbocycles. The molecule has 1 aromatic carbocycles. The van der Waals surface area contributed by atoms with Crippen LogP contribution in [-0.4, -0.2) is 19.2 Å². The van der Waals surface area contributed by atoms with E-state index in [-0.39, 0.29) is 17.5 Å². The summed E-state index contributed by atoms with van der Waals surface area (Å²) in [6.07, 6.45) is 0.425. The minimum absolute atomic E-state index is 0.0314. The van der Waals surface area contributed by atoms with Gasteiger partial charge in [-0.2, -0.15) is 0 Å². The Labute approximate surface area is 115 Å². The van der Waals surface area contributed by atoms with Gasteiger partial charge in [0.15, 0.2) is 0 Å². The Hall–Kier alpha value is -1.51. The third-order valence-electron chi connectivity index (χ3n) is 2.79. The van der Waals surface area contributed by atoms with E-state index in [1.54, 1.807) is 0 Å². The first-order valence-corrected chi connectivity index (χ1v) is 6.61. The van der Waals surface area contributed by atoms with Crippen molar-refractivity contribution in [1.29, 1.82) is 0 Å². The van der Waals surface area contributed by atoms with Gasteiger partial charge in [0.25, 0.3) is 0 Å². The average Bonchev–Trinajstić information content (AvgIpc) is 2.28. The lowest BCUT2D eigenvalue weighted by molar-refractivity contribution is -0.139. The summed E-state index contributed by atoms with van der Waals surface area (Å²) < 4.78 is 10.5. The SMILES string of the molecule is COC(=O)Cc1ccc(OC(C)C)c(C(C)(C)C)c1. The monoisotopic (exact) mass is 264 g/mol. The molecule has 1 rings (SSSR count). The highest BCUT2D eigenvalue weighted by atomic mass is 16.5. The van der Waals surface area contributed by atoms with E-state index in [1.165, 1.54) is 7.11 Å². The van der Waals surface area contributed by atoms with Gasteiger partial charge in [-0.15, -0.1) is 0 Å². The third kappa shape index (κ3) is 4.58. The van der Waals surface area contributed by atoms with E-state index in [0.717, 1.165) is 16.9 Å². The number of esters is 1. The van der Waals surface area contributed by atoms with Crippen molar-refractivity contribution in [2.75, 3.05) is 7.11 Å². The summed E-state index contributed by atoms with van der Waals surface area (Å²) in [4.78, 5) is 11.4. The van der Waals surface area contributed by atoms with Crippen LogP contribution < -0.4 is 4.74 Å². The fourth-order valence-electron chi connectivity index (χ4n) is 1.87. The number of hydrogen-bond acceptors (Lipinski definition) is 3. The van der Waals surface area contributed by atoms with E-state index < -0.39 is 0 Å². The average molecular weight is 264 g/mol. The molecule has 0 unspecified atom stereocenters. The minimum atomic E-state index is -0.225. The van der Waals surface area contributed by atoms with Crippen LogP contribution in [-0.2, 0) is 21.4 Å². The third-order valence-corrected chi connectivity index (χ3v) is 2.79. The number of benzene rings is 1. The van der Waals surface area contributed by atoms with Crippen molar-refractivity contribution in [3.8, 4) is 5.75 Å². The topological polar surface area (TPSA) is 35.5 Å². The van der Waals surface area contributed by atoms with Crippen LogP contribution in [0.1, 0.15) is 45.7 Å². The summed E-state index contributed by atoms with van der Waals surface area (Å²) in [5.74, 6) is 0.661. The van der Waals surface area contributed by atoms with E-state index in [9.17, 15) is 4.79 Å². The fraction of sp³-hybridized carbons (Fsp3) is 0.562. The highest BCUT2D eigenvalue weighted by Crippen LogP contribution is 2.33. The Morgan fingerprint density at radius 1 is 1.26 bits per heavy atom. The number of methoxy groups -OCH3 is 1. The highest BCUT2D eigenvalue weighted by Gasteiger charge is 2.20. The molecule has 0 aliphatic rings. The first-order valence-electron chi connectivity index (χ1n) is 6.61. The molecule has 0 N–H and O–H groups in total. The van der Waals surface area contributed by atoms with Crippen LogP contribution in [0.25, 0.3) is 0 Å². The van der Waals surface area contributed by atoms with Crippen molar-refractivity contribution in [3.63, 3.8) is 0 Å². The van der Waals surface area contributed by atoms with Gasteiger partial charge >= 0.3 is 5.97 Å². The molecule has 106 valence electrons. The molecule has 0 fully saturated rings. The molecular formula is C16H24O3. The lowest BCUT2D eigenvalue weighted by atomic mass is 9.85. The number of carbonyl (C=O) groups excluding carboxylic acids is 1. The predicted molar refractivity (Wildman–Crippen MR) is 76.6 cm³/mol. The number of ether oxygens (including phenoxy) is 2. The van der Waals surface area contributed by atoms with Crippen LogP contribution in [0, 0.1) is 0 Å². The van der Waals surface area contributed by atoms with E-state index in [4.69, 9.17) is 9.47 Å². The lowest BCUT2D eigenvalue weighted by Crippen LogP contribution is -2.17. The predicted octanol–water partition coefficient (Wildman–Crippen LogP) is 3.49. The summed E-state index contributed by atoms with van der Waals surface area (Å²) in [6.45, 7) is 10.4. The van der Waals surface area contributed by atoms with Gasteiger partial charge in [0.1, 0.15) is 5.75 Å². The Bertz CT molecular complexity index is 442. The molecule has 0 aromatic heterocycles. The largest absolute Gasteiger partial charge is 0.491 e. The molecule has 3 heteroatoms. The van der Waals surface area contributed by atoms with Crippen molar-refractivity contribution in [2.45, 2.75) is 52.6 Å². The highest BCUT2D eigenvalue weighted by molar-refractivity contribution is 5.72. The second-order valence-corrected chi connectivity index (χ2v) is 6.00. The molecule has 3 nitrogen and oxygen atoms in total. The van der Waals surface area contributed by atoms with Gasteiger partial charge in [-0.1, -0.05) is 32.9 Å². The first kappa shape index (κ1) is 15.5. The standard InChI is InChI=1S/C16H24O3/c1-11(2)19-14-8-7-12(10-15(17)18-6)9-13(14)16(3,4)5/h7-9,11H,10H2,1-6H3. The second kappa shape index (κ2) is 6.09. The molecule has 0 atom stereocenters. The maximum atomic E-state index is 11.4. The van der Waals surface area contributed by atoms with Crippen LogP contribution in [0.5, 0.6) is 5.75 Å². The van der Waals surface area contributed by atoms with Crippen LogP contribution in [0.2, 0.25) is 0 Å². The molecule has 0 amide bonds. The molecule has 0 saturated heterocycles. The van der Waals surface area contributed by atoms with Crippen molar-refractivity contribution in [1.82, 2.24) is 0 Å². The molecule has 0 spiro atoms. The normalized spacial score (nSPS) is 11.5. The zero-order valence-corrected chi connectivity index (χ0v) is 12.7. The van der Waals surface area contributed by atoms with Crippen LogP contribution in [0.3, 0.4) is 0 Å². The molecular weight excluding hydrogens is 240 g/mol. The Kier molecular flexibility index (Phi) is 4.98. The molecule has 0 radical (unpaired) electrons. The van der Waals surface area contributed by atoms with Gasteiger partial charge in [0.2, 0.25) is 0 Å². The Morgan fingerprint density at radius 3 is 2.37 bits per heavy atom. The molecule has 1 aromatic rings. The van der Waals surface area contributed by atoms with Gasteiger partial charge in [-0.25, -0.2) is 0 Å². The van der Waals surface area contributed by atoms with Gasteiger partial charge in [0.05, 0.1) is 19.6 Å². The van der Waals surface area contributed by atoms with Crippen molar-refractivity contribution < 1.29 is 14.3 Å². The smallest absolute Gasteiger partial charge is 0.309 e. The van der Waals surface area contributed by atoms with Crippen molar-refractivity contribution >= 4 is 5.97 Å². The second-order valence-electron chi connectivity index (χ2n) is 6.00. The van der Waals surface area contributed by atoms with Crippen LogP contribution >= 0.6 is 0 Å². The summed E-state index contributed by atoms with van der Waals surface area (Å²) >= 11 is 0. The molecule has 0 heterocycles. The Morgan fingerprint density at radius 2 is 1.89 bits per heavy atom. The molecule has 0 aliphatic heterocycles. The number of carbonyl (C=O) groups is 1. The maximum Gasteiger partial charge on any atom is 0.309 e. The van der Waals surface area contributed by atoms with Crippen LogP contribution in [0.15, 0.2) is 18.2 Å². The van der Waals surface area contributed by atoms with E-state index in [0.29, 0.717) is 6.42 Å². The van der Waals surface area contributed by atoms with E-state index in [1.807, 2.05) is 32.0 Å². The number of hydrogen-bond donors (Lipinski definition) is 0. The summed E-state index contributed by atoms with van der Waals surface area (Å²) in [6, 6.07) is 5.90. The fourth-order valence-corrected chi connectivity index (χ4v) is 1.87. The summed E-state index contributed by atoms with van der Waals surface area (Å²) in [5.41, 5.74) is 2.03. The lowest BCUT2D eigenvalue weighted by Gasteiger charge is -2.24. The molecule has 0 bridgehead atoms. The maximum absolute atomic E-state index is 11.4. The quantitative estimate of drug-likeness (QED) is 0.781. The minimum Gasteiger partial charge on any atom is -0.491 e. The first-order chi connectivity index (χ1) is 8.74. The van der Waals surface area contributed by atoms with E-state index in [2.05, 4.69) is 20.8 Å². The summed E-state index contributed by atoms with van der Waals surface area (Å²) in [7, 11) is 1.41. The zero-order valence-electron chi connectivity index (χ0n) is 12.7. The molecule has 19 heavy (non-hydrogen) atoms.